The lowest BCUT2D eigenvalue weighted by molar-refractivity contribution is -0.137. The second-order valence-electron chi connectivity index (χ2n) is 12.3. The van der Waals surface area contributed by atoms with Crippen LogP contribution in [0.1, 0.15) is 5.56 Å². The molecular formula is C40H26Cl3F9N6O6. The van der Waals surface area contributed by atoms with E-state index in [-0.39, 0.29) is 22.7 Å². The lowest BCUT2D eigenvalue weighted by Gasteiger charge is -2.10. The van der Waals surface area contributed by atoms with E-state index in [0.717, 1.165) is 48.5 Å². The maximum atomic E-state index is 13.1. The highest BCUT2D eigenvalue weighted by molar-refractivity contribution is 6.35. The van der Waals surface area contributed by atoms with E-state index in [0.29, 0.717) is 38.6 Å². The summed E-state index contributed by atoms with van der Waals surface area (Å²) in [5.74, 6) is -10.6. The summed E-state index contributed by atoms with van der Waals surface area (Å²) >= 11 is 17.2. The van der Waals surface area contributed by atoms with E-state index in [1.54, 1.807) is 24.3 Å². The number of urea groups is 3. The van der Waals surface area contributed by atoms with Crippen LogP contribution < -0.4 is 31.9 Å². The summed E-state index contributed by atoms with van der Waals surface area (Å²) in [6.07, 6.45) is -4.50. The van der Waals surface area contributed by atoms with Gasteiger partial charge < -0.3 is 47.2 Å². The van der Waals surface area contributed by atoms with Crippen molar-refractivity contribution in [3.8, 4) is 17.2 Å². The number of phenols is 3. The predicted octanol–water partition coefficient (Wildman–Crippen LogP) is 12.9. The van der Waals surface area contributed by atoms with E-state index in [2.05, 4.69) is 31.9 Å². The molecule has 9 N–H and O–H groups in total. The van der Waals surface area contributed by atoms with Gasteiger partial charge in [0.05, 0.1) is 5.56 Å². The van der Waals surface area contributed by atoms with E-state index in [1.807, 2.05) is 0 Å². The normalized spacial score (nSPS) is 10.6. The summed E-state index contributed by atoms with van der Waals surface area (Å²) < 4.78 is 116. The first-order valence-electron chi connectivity index (χ1n) is 17.1. The van der Waals surface area contributed by atoms with Crippen LogP contribution in [0.4, 0.5) is 88.0 Å². The van der Waals surface area contributed by atoms with Gasteiger partial charge in [-0.25, -0.2) is 40.7 Å². The van der Waals surface area contributed by atoms with Gasteiger partial charge in [0.25, 0.3) is 0 Å². The largest absolute Gasteiger partial charge is 0.503 e. The Balaban J connectivity index is 0.000000211. The number of halogens is 12. The quantitative estimate of drug-likeness (QED) is 0.0591. The lowest BCUT2D eigenvalue weighted by atomic mass is 10.2. The minimum Gasteiger partial charge on any atom is -0.503 e. The smallest absolute Gasteiger partial charge is 0.416 e. The number of nitrogens with one attached hydrogen (secondary N) is 6. The number of phenolic OH excluding ortho intramolecular Hbond substituents is 3. The number of rotatable bonds is 6. The molecule has 0 atom stereocenters. The summed E-state index contributed by atoms with van der Waals surface area (Å²) in [5.41, 5.74) is -0.613. The zero-order chi connectivity index (χ0) is 47.5. The van der Waals surface area contributed by atoms with Crippen molar-refractivity contribution in [2.24, 2.45) is 0 Å². The van der Waals surface area contributed by atoms with Crippen LogP contribution in [0.5, 0.6) is 17.2 Å². The molecule has 0 aliphatic carbocycles. The number of carbonyl (C=O) groups is 3. The topological polar surface area (TPSA) is 184 Å². The standard InChI is InChI=1S/C14H9F5N2O2.C13H8Cl2F2N2O2.C13H9ClF2N2O2/c15-10-5-9(6-11(16)12(10)22)21-13(23)20-8-3-1-7(2-4-8)14(17,18)19;14-6-1-7(15)3-8(2-6)18-13(21)19-9-4-10(16)12(20)11(17)5-9;14-7-1-3-8(4-2-7)17-13(20)18-9-5-10(15)12(19)11(16)6-9/h1-6,22H,(H2,20,21,23);1-5,20H,(H2,18,19,21);1-6,19H,(H2,17,18,20). The number of amides is 6. The third-order valence-electron chi connectivity index (χ3n) is 7.52. The van der Waals surface area contributed by atoms with E-state index in [9.17, 15) is 53.9 Å². The van der Waals surface area contributed by atoms with Gasteiger partial charge in [-0.2, -0.15) is 13.2 Å². The average Bonchev–Trinajstić information content (AvgIpc) is 3.19. The molecule has 0 heterocycles. The van der Waals surface area contributed by atoms with E-state index >= 15 is 0 Å². The summed E-state index contributed by atoms with van der Waals surface area (Å²) in [5, 5.41) is 41.5. The third kappa shape index (κ3) is 15.0. The molecule has 0 bridgehead atoms. The van der Waals surface area contributed by atoms with Gasteiger partial charge in [-0.3, -0.25) is 0 Å². The zero-order valence-electron chi connectivity index (χ0n) is 31.4. The molecule has 12 nitrogen and oxygen atoms in total. The molecule has 0 radical (unpaired) electrons. The predicted molar refractivity (Wildman–Crippen MR) is 221 cm³/mol. The van der Waals surface area contributed by atoms with E-state index in [1.165, 1.54) is 18.2 Å². The molecule has 0 spiro atoms. The van der Waals surface area contributed by atoms with Gasteiger partial charge in [0.15, 0.2) is 52.2 Å². The second kappa shape index (κ2) is 21.7. The van der Waals surface area contributed by atoms with Gasteiger partial charge >= 0.3 is 24.3 Å². The molecule has 6 amide bonds. The summed E-state index contributed by atoms with van der Waals surface area (Å²) in [6.45, 7) is 0. The molecule has 0 aliphatic heterocycles. The van der Waals surface area contributed by atoms with Crippen molar-refractivity contribution in [3.05, 3.63) is 159 Å². The lowest BCUT2D eigenvalue weighted by Crippen LogP contribution is -2.19. The van der Waals surface area contributed by atoms with Crippen molar-refractivity contribution >= 4 is 87.0 Å². The van der Waals surface area contributed by atoms with Crippen molar-refractivity contribution in [1.29, 1.82) is 0 Å². The molecule has 0 fully saturated rings. The fourth-order valence-corrected chi connectivity index (χ4v) is 5.35. The number of benzene rings is 6. The molecule has 0 aliphatic rings. The first-order valence-corrected chi connectivity index (χ1v) is 18.3. The highest BCUT2D eigenvalue weighted by atomic mass is 35.5. The van der Waals surface area contributed by atoms with Gasteiger partial charge in [0.2, 0.25) is 0 Å². The first-order chi connectivity index (χ1) is 30.0. The van der Waals surface area contributed by atoms with Crippen molar-refractivity contribution in [2.45, 2.75) is 6.18 Å². The second-order valence-corrected chi connectivity index (χ2v) is 13.7. The Kier molecular flexibility index (Phi) is 16.8. The van der Waals surface area contributed by atoms with Crippen LogP contribution >= 0.6 is 34.8 Å². The van der Waals surface area contributed by atoms with Crippen LogP contribution in [0.2, 0.25) is 15.1 Å². The fourth-order valence-electron chi connectivity index (χ4n) is 4.70. The molecule has 6 aromatic carbocycles. The fraction of sp³-hybridized carbons (Fsp3) is 0.0250. The van der Waals surface area contributed by atoms with Gasteiger partial charge in [-0.15, -0.1) is 0 Å². The summed E-state index contributed by atoms with van der Waals surface area (Å²) in [4.78, 5) is 34.9. The van der Waals surface area contributed by atoms with Crippen LogP contribution in [0.25, 0.3) is 0 Å². The van der Waals surface area contributed by atoms with Crippen molar-refractivity contribution in [3.63, 3.8) is 0 Å². The molecule has 0 unspecified atom stereocenters. The van der Waals surface area contributed by atoms with Crippen molar-refractivity contribution in [1.82, 2.24) is 0 Å². The number of alkyl halides is 3. The molecule has 336 valence electrons. The number of carbonyl (C=O) groups excluding carboxylic acids is 3. The van der Waals surface area contributed by atoms with Gasteiger partial charge in [0, 0.05) is 85.6 Å². The maximum Gasteiger partial charge on any atom is 0.416 e. The number of aromatic hydroxyl groups is 3. The number of anilines is 6. The Labute approximate surface area is 369 Å². The molecule has 24 heteroatoms. The van der Waals surface area contributed by atoms with Crippen LogP contribution in [0, 0.1) is 34.9 Å². The Hall–Kier alpha value is -7.23. The highest BCUT2D eigenvalue weighted by Gasteiger charge is 2.30. The van der Waals surface area contributed by atoms with Crippen molar-refractivity contribution in [2.75, 3.05) is 31.9 Å². The molecule has 0 saturated heterocycles. The van der Waals surface area contributed by atoms with Gasteiger partial charge in [-0.05, 0) is 66.7 Å². The monoisotopic (exact) mass is 962 g/mol. The van der Waals surface area contributed by atoms with E-state index < -0.39 is 82.0 Å². The minimum absolute atomic E-state index is 0.0511. The van der Waals surface area contributed by atoms with Crippen LogP contribution in [-0.2, 0) is 6.18 Å². The van der Waals surface area contributed by atoms with Crippen LogP contribution in [0.15, 0.2) is 103 Å². The van der Waals surface area contributed by atoms with Crippen LogP contribution in [0.3, 0.4) is 0 Å². The summed E-state index contributed by atoms with van der Waals surface area (Å²) in [6, 6.07) is 16.5. The Bertz CT molecular complexity index is 2580. The highest BCUT2D eigenvalue weighted by Crippen LogP contribution is 2.31. The molecule has 6 aromatic rings. The third-order valence-corrected chi connectivity index (χ3v) is 8.21. The van der Waals surface area contributed by atoms with Gasteiger partial charge in [0.1, 0.15) is 0 Å². The number of hydrogen-bond donors (Lipinski definition) is 9. The van der Waals surface area contributed by atoms with E-state index in [4.69, 9.17) is 50.1 Å². The first kappa shape index (κ1) is 49.4. The average molecular weight is 964 g/mol. The molecular weight excluding hydrogens is 938 g/mol. The summed E-state index contributed by atoms with van der Waals surface area (Å²) in [7, 11) is 0. The Morgan fingerprint density at radius 1 is 0.375 bits per heavy atom. The van der Waals surface area contributed by atoms with Gasteiger partial charge in [-0.1, -0.05) is 34.8 Å². The minimum atomic E-state index is -4.50. The number of hydrogen-bond acceptors (Lipinski definition) is 6. The molecule has 64 heavy (non-hydrogen) atoms. The molecule has 0 saturated carbocycles. The van der Waals surface area contributed by atoms with Crippen LogP contribution in [-0.4, -0.2) is 33.4 Å². The SMILES string of the molecule is O=C(Nc1cc(Cl)cc(Cl)c1)Nc1cc(F)c(O)c(F)c1.O=C(Nc1ccc(C(F)(F)F)cc1)Nc1cc(F)c(O)c(F)c1.O=C(Nc1ccc(Cl)cc1)Nc1cc(F)c(O)c(F)c1. The Morgan fingerprint density at radius 3 is 0.906 bits per heavy atom. The Morgan fingerprint density at radius 2 is 0.625 bits per heavy atom. The maximum absolute atomic E-state index is 13.1. The zero-order valence-corrected chi connectivity index (χ0v) is 33.7. The molecule has 0 aromatic heterocycles. The van der Waals surface area contributed by atoms with Crippen molar-refractivity contribution < 1.29 is 69.2 Å². The molecule has 6 rings (SSSR count).